The van der Waals surface area contributed by atoms with E-state index >= 15 is 0 Å². The van der Waals surface area contributed by atoms with Gasteiger partial charge in [0.25, 0.3) is 5.96 Å². The molecule has 0 unspecified atom stereocenters. The molecule has 1 aromatic heterocycles. The van der Waals surface area contributed by atoms with Crippen LogP contribution in [0.4, 0.5) is 0 Å². The van der Waals surface area contributed by atoms with E-state index in [2.05, 4.69) is 15.4 Å². The second kappa shape index (κ2) is 6.73. The van der Waals surface area contributed by atoms with E-state index in [0.717, 1.165) is 11.3 Å². The summed E-state index contributed by atoms with van der Waals surface area (Å²) in [6, 6.07) is 13.1. The Kier molecular flexibility index (Phi) is 4.32. The Balaban J connectivity index is 1.64. The molecule has 0 saturated carbocycles. The second-order valence-electron chi connectivity index (χ2n) is 4.93. The summed E-state index contributed by atoms with van der Waals surface area (Å²) in [6.07, 6.45) is 1.69. The first-order chi connectivity index (χ1) is 11.2. The Hall–Kier alpha value is -3.16. The van der Waals surface area contributed by atoms with E-state index in [4.69, 9.17) is 4.74 Å². The predicted octanol–water partition coefficient (Wildman–Crippen LogP) is 1.83. The summed E-state index contributed by atoms with van der Waals surface area (Å²) < 4.78 is 5.63. The smallest absolute Gasteiger partial charge is 0.271 e. The Labute approximate surface area is 132 Å². The number of nitrogens with one attached hydrogen (secondary N) is 1. The molecule has 0 radical (unpaired) electrons. The molecule has 1 saturated heterocycles. The van der Waals surface area contributed by atoms with E-state index in [1.807, 2.05) is 36.4 Å². The first-order valence-corrected chi connectivity index (χ1v) is 7.10. The highest BCUT2D eigenvalue weighted by Gasteiger charge is 2.21. The molecule has 3 rings (SSSR count). The minimum Gasteiger partial charge on any atom is -0.439 e. The predicted molar refractivity (Wildman–Crippen MR) is 83.6 cm³/mol. The van der Waals surface area contributed by atoms with Crippen molar-refractivity contribution in [3.63, 3.8) is 0 Å². The lowest BCUT2D eigenvalue weighted by Gasteiger charge is -2.15. The van der Waals surface area contributed by atoms with Gasteiger partial charge in [0.1, 0.15) is 10.9 Å². The number of ether oxygens (including phenoxy) is 1. The van der Waals surface area contributed by atoms with Crippen LogP contribution in [0.1, 0.15) is 5.56 Å². The molecule has 0 spiro atoms. The van der Waals surface area contributed by atoms with Gasteiger partial charge in [-0.15, -0.1) is 0 Å². The van der Waals surface area contributed by atoms with Gasteiger partial charge >= 0.3 is 0 Å². The van der Waals surface area contributed by atoms with E-state index < -0.39 is 5.03 Å². The number of aromatic nitrogens is 1. The molecule has 0 aliphatic carbocycles. The van der Waals surface area contributed by atoms with E-state index in [9.17, 15) is 10.1 Å². The molecule has 1 aromatic carbocycles. The van der Waals surface area contributed by atoms with E-state index in [1.165, 1.54) is 0 Å². The number of hydrazone groups is 1. The molecule has 1 aliphatic heterocycles. The molecular formula is C15H15N5O3. The van der Waals surface area contributed by atoms with Gasteiger partial charge in [0.05, 0.1) is 0 Å². The van der Waals surface area contributed by atoms with Crippen LogP contribution in [0.25, 0.3) is 0 Å². The van der Waals surface area contributed by atoms with Crippen molar-refractivity contribution < 1.29 is 9.77 Å². The molecule has 118 valence electrons. The number of benzene rings is 1. The summed E-state index contributed by atoms with van der Waals surface area (Å²) in [5.74, 6) is 1.50. The Morgan fingerprint density at radius 2 is 2.13 bits per heavy atom. The van der Waals surface area contributed by atoms with Crippen LogP contribution < -0.4 is 10.1 Å². The fourth-order valence-electron chi connectivity index (χ4n) is 2.24. The second-order valence-corrected chi connectivity index (χ2v) is 4.93. The third-order valence-corrected chi connectivity index (χ3v) is 3.28. The molecule has 1 aliphatic rings. The first kappa shape index (κ1) is 14.8. The van der Waals surface area contributed by atoms with Gasteiger partial charge in [-0.25, -0.2) is 15.1 Å². The van der Waals surface area contributed by atoms with Crippen LogP contribution in [0.15, 0.2) is 53.8 Å². The Bertz CT molecular complexity index is 703. The fraction of sp³-hybridized carbons (Fsp3) is 0.200. The zero-order valence-electron chi connectivity index (χ0n) is 12.3. The highest BCUT2D eigenvalue weighted by molar-refractivity contribution is 5.81. The van der Waals surface area contributed by atoms with E-state index in [-0.39, 0.29) is 5.96 Å². The maximum atomic E-state index is 10.5. The maximum Gasteiger partial charge on any atom is 0.271 e. The molecule has 8 heteroatoms. The van der Waals surface area contributed by atoms with Crippen LogP contribution in [-0.2, 0) is 6.54 Å². The molecule has 8 nitrogen and oxygen atoms in total. The monoisotopic (exact) mass is 313 g/mol. The number of pyridine rings is 1. The van der Waals surface area contributed by atoms with Gasteiger partial charge < -0.3 is 15.0 Å². The number of para-hydroxylation sites is 1. The number of hydrogen-bond donors (Lipinski definition) is 1. The standard InChI is InChI=1S/C15H15N5O3/c21-20(22)18-15-16-8-9-19(15)11-12-6-7-14(17-10-12)23-13-4-2-1-3-5-13/h1-7,10H,8-9,11H2,(H,16,18). The number of hydrogen-bond acceptors (Lipinski definition) is 4. The molecule has 2 heterocycles. The molecule has 0 atom stereocenters. The molecule has 0 amide bonds. The summed E-state index contributed by atoms with van der Waals surface area (Å²) in [5.41, 5.74) is 0.921. The van der Waals surface area contributed by atoms with Crippen molar-refractivity contribution in [1.82, 2.24) is 15.2 Å². The van der Waals surface area contributed by atoms with Crippen LogP contribution in [0.3, 0.4) is 0 Å². The quantitative estimate of drug-likeness (QED) is 0.668. The SMILES string of the molecule is O=[N+]([O-])/N=C1\NCCN1Cc1ccc(Oc2ccccc2)nc1. The van der Waals surface area contributed by atoms with Crippen molar-refractivity contribution in [3.05, 3.63) is 64.3 Å². The topological polar surface area (TPSA) is 92.9 Å². The normalized spacial score (nSPS) is 15.5. The van der Waals surface area contributed by atoms with E-state index in [0.29, 0.717) is 25.5 Å². The Morgan fingerprint density at radius 1 is 1.30 bits per heavy atom. The number of nitro groups is 1. The van der Waals surface area contributed by atoms with Crippen LogP contribution in [0, 0.1) is 10.1 Å². The fourth-order valence-corrected chi connectivity index (χ4v) is 2.24. The minimum atomic E-state index is -0.699. The summed E-state index contributed by atoms with van der Waals surface area (Å²) in [7, 11) is 0. The molecule has 1 N–H and O–H groups in total. The maximum absolute atomic E-state index is 10.5. The molecular weight excluding hydrogens is 298 g/mol. The lowest BCUT2D eigenvalue weighted by Crippen LogP contribution is -2.30. The number of rotatable bonds is 5. The van der Waals surface area contributed by atoms with Crippen molar-refractivity contribution in [2.75, 3.05) is 13.1 Å². The lowest BCUT2D eigenvalue weighted by molar-refractivity contribution is -0.485. The van der Waals surface area contributed by atoms with Crippen molar-refractivity contribution in [2.24, 2.45) is 5.10 Å². The molecule has 2 aromatic rings. The Morgan fingerprint density at radius 3 is 2.83 bits per heavy atom. The minimum absolute atomic E-state index is 0.277. The van der Waals surface area contributed by atoms with Gasteiger partial charge in [-0.3, -0.25) is 0 Å². The summed E-state index contributed by atoms with van der Waals surface area (Å²) in [6.45, 7) is 1.79. The number of nitrogens with zero attached hydrogens (tertiary/aromatic N) is 4. The van der Waals surface area contributed by atoms with Gasteiger partial charge in [0.2, 0.25) is 5.88 Å². The zero-order chi connectivity index (χ0) is 16.1. The molecule has 1 fully saturated rings. The summed E-state index contributed by atoms with van der Waals surface area (Å²) in [4.78, 5) is 16.6. The van der Waals surface area contributed by atoms with Crippen molar-refractivity contribution >= 4 is 5.96 Å². The third kappa shape index (κ3) is 3.94. The van der Waals surface area contributed by atoms with Crippen LogP contribution in [-0.4, -0.2) is 34.0 Å². The lowest BCUT2D eigenvalue weighted by atomic mass is 10.2. The summed E-state index contributed by atoms with van der Waals surface area (Å²) >= 11 is 0. The van der Waals surface area contributed by atoms with Crippen molar-refractivity contribution in [1.29, 1.82) is 0 Å². The highest BCUT2D eigenvalue weighted by Crippen LogP contribution is 2.19. The first-order valence-electron chi connectivity index (χ1n) is 7.10. The van der Waals surface area contributed by atoms with Crippen LogP contribution in [0.5, 0.6) is 11.6 Å². The highest BCUT2D eigenvalue weighted by atomic mass is 16.7. The largest absolute Gasteiger partial charge is 0.439 e. The van der Waals surface area contributed by atoms with Crippen molar-refractivity contribution in [2.45, 2.75) is 6.54 Å². The zero-order valence-corrected chi connectivity index (χ0v) is 12.3. The van der Waals surface area contributed by atoms with E-state index in [1.54, 1.807) is 17.2 Å². The number of guanidine groups is 1. The third-order valence-electron chi connectivity index (χ3n) is 3.28. The molecule has 23 heavy (non-hydrogen) atoms. The van der Waals surface area contributed by atoms with Gasteiger partial charge in [0, 0.05) is 31.9 Å². The average molecular weight is 313 g/mol. The molecule has 0 bridgehead atoms. The van der Waals surface area contributed by atoms with Gasteiger partial charge in [0.15, 0.2) is 5.03 Å². The van der Waals surface area contributed by atoms with Crippen LogP contribution in [0.2, 0.25) is 0 Å². The van der Waals surface area contributed by atoms with Crippen molar-refractivity contribution in [3.8, 4) is 11.6 Å². The summed E-state index contributed by atoms with van der Waals surface area (Å²) in [5, 5.41) is 16.0. The van der Waals surface area contributed by atoms with Crippen LogP contribution >= 0.6 is 0 Å². The van der Waals surface area contributed by atoms with Gasteiger partial charge in [-0.05, 0) is 17.7 Å². The van der Waals surface area contributed by atoms with Gasteiger partial charge in [-0.2, -0.15) is 0 Å². The average Bonchev–Trinajstić information content (AvgIpc) is 2.96. The van der Waals surface area contributed by atoms with Gasteiger partial charge in [-0.1, -0.05) is 24.3 Å².